The summed E-state index contributed by atoms with van der Waals surface area (Å²) in [4.78, 5) is 37.2. The number of fused-ring (bicyclic) bond motifs is 4. The van der Waals surface area contributed by atoms with Crippen LogP contribution in [-0.2, 0) is 14.3 Å². The summed E-state index contributed by atoms with van der Waals surface area (Å²) in [6, 6.07) is 3.60. The summed E-state index contributed by atoms with van der Waals surface area (Å²) < 4.78 is 5.43. The van der Waals surface area contributed by atoms with E-state index >= 15 is 0 Å². The number of nitrogens with zero attached hydrogens (tertiary/aromatic N) is 4. The minimum Gasteiger partial charge on any atom is -0.378 e. The van der Waals surface area contributed by atoms with Crippen LogP contribution in [-0.4, -0.2) is 78.1 Å². The summed E-state index contributed by atoms with van der Waals surface area (Å²) in [5, 5.41) is 0.621. The molecule has 2 amide bonds. The minimum atomic E-state index is -0.364. The monoisotopic (exact) mass is 418 g/mol. The van der Waals surface area contributed by atoms with E-state index in [0.717, 1.165) is 38.2 Å². The molecule has 0 radical (unpaired) electrons. The zero-order valence-corrected chi connectivity index (χ0v) is 17.3. The molecule has 5 heterocycles. The Balaban J connectivity index is 1.46. The van der Waals surface area contributed by atoms with Crippen LogP contribution < -0.4 is 4.90 Å². The number of hydrogen-bond acceptors (Lipinski definition) is 5. The Bertz CT molecular complexity index is 783. The maximum atomic E-state index is 13.6. The summed E-state index contributed by atoms with van der Waals surface area (Å²) in [5.41, 5.74) is 0. The van der Waals surface area contributed by atoms with Crippen LogP contribution in [0.25, 0.3) is 0 Å². The number of carbonyl (C=O) groups is 2. The van der Waals surface area contributed by atoms with Crippen LogP contribution in [0.15, 0.2) is 18.3 Å². The van der Waals surface area contributed by atoms with E-state index in [1.54, 1.807) is 6.20 Å². The smallest absolute Gasteiger partial charge is 0.245 e. The average molecular weight is 419 g/mol. The number of carbonyl (C=O) groups excluding carboxylic acids is 2. The lowest BCUT2D eigenvalue weighted by Gasteiger charge is -2.56. The van der Waals surface area contributed by atoms with E-state index in [-0.39, 0.29) is 29.8 Å². The number of halogens is 1. The van der Waals surface area contributed by atoms with Crippen molar-refractivity contribution in [2.45, 2.75) is 37.8 Å². The third-order valence-corrected chi connectivity index (χ3v) is 7.18. The quantitative estimate of drug-likeness (QED) is 0.732. The Morgan fingerprint density at radius 2 is 1.97 bits per heavy atom. The molecule has 4 fully saturated rings. The Morgan fingerprint density at radius 3 is 2.72 bits per heavy atom. The highest BCUT2D eigenvalue weighted by molar-refractivity contribution is 6.30. The SMILES string of the molecule is O=C([C@H]1[C@@H]2C[C@@H](CN(c3ccc(Cl)cn3)C2)[C@@H]2CCCC(=O)N21)N1CCOCC1. The number of ether oxygens (including phenoxy) is 1. The van der Waals surface area contributed by atoms with Gasteiger partial charge in [0, 0.05) is 50.8 Å². The number of anilines is 1. The van der Waals surface area contributed by atoms with Gasteiger partial charge in [-0.15, -0.1) is 0 Å². The number of aromatic nitrogens is 1. The highest BCUT2D eigenvalue weighted by Crippen LogP contribution is 2.43. The highest BCUT2D eigenvalue weighted by Gasteiger charge is 2.52. The molecule has 0 spiro atoms. The molecule has 0 aliphatic carbocycles. The number of morpholine rings is 1. The minimum absolute atomic E-state index is 0.0999. The van der Waals surface area contributed by atoms with Crippen molar-refractivity contribution < 1.29 is 14.3 Å². The fourth-order valence-corrected chi connectivity index (χ4v) is 5.80. The van der Waals surface area contributed by atoms with Gasteiger partial charge in [-0.3, -0.25) is 9.59 Å². The first-order valence-corrected chi connectivity index (χ1v) is 11.0. The van der Waals surface area contributed by atoms with Crippen molar-refractivity contribution in [1.29, 1.82) is 0 Å². The van der Waals surface area contributed by atoms with Gasteiger partial charge in [0.2, 0.25) is 11.8 Å². The zero-order chi connectivity index (χ0) is 20.0. The first kappa shape index (κ1) is 19.1. The zero-order valence-electron chi connectivity index (χ0n) is 16.5. The van der Waals surface area contributed by atoms with Crippen LogP contribution >= 0.6 is 11.6 Å². The van der Waals surface area contributed by atoms with Gasteiger partial charge in [0.1, 0.15) is 11.9 Å². The van der Waals surface area contributed by atoms with Crippen LogP contribution in [0.5, 0.6) is 0 Å². The predicted molar refractivity (Wildman–Crippen MR) is 109 cm³/mol. The maximum absolute atomic E-state index is 13.6. The van der Waals surface area contributed by atoms with Gasteiger partial charge in [0.15, 0.2) is 0 Å². The second-order valence-corrected chi connectivity index (χ2v) is 9.07. The Morgan fingerprint density at radius 1 is 1.17 bits per heavy atom. The summed E-state index contributed by atoms with van der Waals surface area (Å²) in [6.07, 6.45) is 5.13. The van der Waals surface area contributed by atoms with Gasteiger partial charge in [0.05, 0.1) is 18.2 Å². The van der Waals surface area contributed by atoms with Crippen molar-refractivity contribution >= 4 is 29.2 Å². The summed E-state index contributed by atoms with van der Waals surface area (Å²) >= 11 is 6.02. The van der Waals surface area contributed by atoms with Crippen LogP contribution in [0.4, 0.5) is 5.82 Å². The fourth-order valence-electron chi connectivity index (χ4n) is 5.69. The molecule has 4 aliphatic heterocycles. The highest BCUT2D eigenvalue weighted by atomic mass is 35.5. The topological polar surface area (TPSA) is 66.0 Å². The van der Waals surface area contributed by atoms with Crippen LogP contribution in [0.2, 0.25) is 5.02 Å². The first-order chi connectivity index (χ1) is 14.1. The molecule has 7 nitrogen and oxygen atoms in total. The van der Waals surface area contributed by atoms with Gasteiger partial charge in [-0.05, 0) is 37.3 Å². The Hall–Kier alpha value is -1.86. The third-order valence-electron chi connectivity index (χ3n) is 6.95. The molecule has 4 atom stereocenters. The molecule has 2 bridgehead atoms. The molecule has 4 saturated heterocycles. The summed E-state index contributed by atoms with van der Waals surface area (Å²) in [5.74, 6) is 1.66. The van der Waals surface area contributed by atoms with Gasteiger partial charge < -0.3 is 19.4 Å². The molecule has 0 N–H and O–H groups in total. The van der Waals surface area contributed by atoms with Crippen molar-refractivity contribution in [1.82, 2.24) is 14.8 Å². The number of piperidine rings is 3. The molecule has 29 heavy (non-hydrogen) atoms. The Kier molecular flexibility index (Phi) is 5.12. The number of rotatable bonds is 2. The predicted octanol–water partition coefficient (Wildman–Crippen LogP) is 1.80. The van der Waals surface area contributed by atoms with Crippen LogP contribution in [0.1, 0.15) is 25.7 Å². The molecule has 1 aromatic heterocycles. The van der Waals surface area contributed by atoms with Crippen molar-refractivity contribution in [2.24, 2.45) is 11.8 Å². The lowest BCUT2D eigenvalue weighted by atomic mass is 9.71. The van der Waals surface area contributed by atoms with E-state index in [9.17, 15) is 9.59 Å². The lowest BCUT2D eigenvalue weighted by Crippen LogP contribution is -2.69. The molecule has 4 aliphatic rings. The number of amides is 2. The first-order valence-electron chi connectivity index (χ1n) is 10.7. The second kappa shape index (κ2) is 7.76. The molecule has 1 aromatic rings. The molecule has 0 saturated carbocycles. The third kappa shape index (κ3) is 3.48. The van der Waals surface area contributed by atoms with Crippen LogP contribution in [0.3, 0.4) is 0 Å². The van der Waals surface area contributed by atoms with E-state index in [0.29, 0.717) is 43.7 Å². The average Bonchev–Trinajstić information content (AvgIpc) is 2.75. The van der Waals surface area contributed by atoms with E-state index in [1.807, 2.05) is 21.9 Å². The molecule has 8 heteroatoms. The second-order valence-electron chi connectivity index (χ2n) is 8.64. The van der Waals surface area contributed by atoms with E-state index in [2.05, 4.69) is 9.88 Å². The van der Waals surface area contributed by atoms with Gasteiger partial charge in [-0.1, -0.05) is 11.6 Å². The summed E-state index contributed by atoms with van der Waals surface area (Å²) in [7, 11) is 0. The molecular weight excluding hydrogens is 392 g/mol. The maximum Gasteiger partial charge on any atom is 0.245 e. The number of pyridine rings is 1. The van der Waals surface area contributed by atoms with Crippen molar-refractivity contribution in [2.75, 3.05) is 44.3 Å². The largest absolute Gasteiger partial charge is 0.378 e. The standard InChI is InChI=1S/C21H27ClN4O3/c22-16-4-5-18(23-11-16)25-12-14-10-15(13-25)20(21(28)24-6-8-29-9-7-24)26-17(14)2-1-3-19(26)27/h4-5,11,14-15,17,20H,1-3,6-10,12-13H2/t14-,15+,17-,20+/m0/s1. The normalized spacial score (nSPS) is 32.2. The fraction of sp³-hybridized carbons (Fsp3) is 0.667. The van der Waals surface area contributed by atoms with Gasteiger partial charge in [-0.25, -0.2) is 4.98 Å². The van der Waals surface area contributed by atoms with E-state index in [1.165, 1.54) is 0 Å². The van der Waals surface area contributed by atoms with Crippen molar-refractivity contribution in [3.63, 3.8) is 0 Å². The van der Waals surface area contributed by atoms with Crippen molar-refractivity contribution in [3.8, 4) is 0 Å². The molecule has 156 valence electrons. The number of hydrogen-bond donors (Lipinski definition) is 0. The summed E-state index contributed by atoms with van der Waals surface area (Å²) in [6.45, 7) is 3.98. The van der Waals surface area contributed by atoms with Crippen LogP contribution in [0, 0.1) is 11.8 Å². The molecule has 0 unspecified atom stereocenters. The molecule has 5 rings (SSSR count). The van der Waals surface area contributed by atoms with Gasteiger partial charge >= 0.3 is 0 Å². The Labute approximate surface area is 175 Å². The van der Waals surface area contributed by atoms with E-state index in [4.69, 9.17) is 16.3 Å². The van der Waals surface area contributed by atoms with Crippen molar-refractivity contribution in [3.05, 3.63) is 23.4 Å². The molecular formula is C21H27ClN4O3. The van der Waals surface area contributed by atoms with Gasteiger partial charge in [0.25, 0.3) is 0 Å². The lowest BCUT2D eigenvalue weighted by molar-refractivity contribution is -0.163. The molecule has 0 aromatic carbocycles. The van der Waals surface area contributed by atoms with Gasteiger partial charge in [-0.2, -0.15) is 0 Å². The van der Waals surface area contributed by atoms with E-state index < -0.39 is 0 Å².